The zero-order valence-corrected chi connectivity index (χ0v) is 11.7. The summed E-state index contributed by atoms with van der Waals surface area (Å²) in [4.78, 5) is 25.3. The Kier molecular flexibility index (Phi) is 3.48. The summed E-state index contributed by atoms with van der Waals surface area (Å²) in [6.07, 6.45) is 2.93. The van der Waals surface area contributed by atoms with E-state index in [1.54, 1.807) is 42.2 Å². The van der Waals surface area contributed by atoms with Crippen molar-refractivity contribution in [3.05, 3.63) is 47.9 Å². The second-order valence-corrected chi connectivity index (χ2v) is 4.92. The Morgan fingerprint density at radius 2 is 2.00 bits per heavy atom. The van der Waals surface area contributed by atoms with Gasteiger partial charge in [0.05, 0.1) is 6.26 Å². The van der Waals surface area contributed by atoms with Crippen LogP contribution >= 0.6 is 0 Å². The van der Waals surface area contributed by atoms with Crippen molar-refractivity contribution in [3.63, 3.8) is 0 Å². The van der Waals surface area contributed by atoms with E-state index in [0.717, 1.165) is 18.7 Å². The number of hydrogen-bond acceptors (Lipinski definition) is 4. The van der Waals surface area contributed by atoms with Crippen molar-refractivity contribution in [2.45, 2.75) is 19.8 Å². The standard InChI is InChI=1S/C16H15NO4/c1-11-14(8-10-20-11)16(19)21-13-6-4-12(5-7-13)17-9-2-3-15(17)18/h4-8,10H,2-3,9H2,1H3. The van der Waals surface area contributed by atoms with Gasteiger partial charge in [0.15, 0.2) is 0 Å². The molecule has 1 saturated heterocycles. The molecule has 1 aromatic heterocycles. The van der Waals surface area contributed by atoms with Gasteiger partial charge in [-0.3, -0.25) is 4.79 Å². The second-order valence-electron chi connectivity index (χ2n) is 4.92. The maximum Gasteiger partial charge on any atom is 0.347 e. The zero-order chi connectivity index (χ0) is 14.8. The first-order valence-corrected chi connectivity index (χ1v) is 6.82. The molecule has 0 radical (unpaired) electrons. The van der Waals surface area contributed by atoms with Crippen LogP contribution in [0, 0.1) is 6.92 Å². The summed E-state index contributed by atoms with van der Waals surface area (Å²) >= 11 is 0. The van der Waals surface area contributed by atoms with Crippen LogP contribution in [0.3, 0.4) is 0 Å². The molecule has 2 heterocycles. The van der Waals surface area contributed by atoms with E-state index in [2.05, 4.69) is 0 Å². The first-order chi connectivity index (χ1) is 10.1. The predicted molar refractivity (Wildman–Crippen MR) is 76.4 cm³/mol. The molecule has 0 unspecified atom stereocenters. The fourth-order valence-electron chi connectivity index (χ4n) is 2.37. The van der Waals surface area contributed by atoms with Crippen LogP contribution in [-0.4, -0.2) is 18.4 Å². The van der Waals surface area contributed by atoms with Crippen molar-refractivity contribution >= 4 is 17.6 Å². The van der Waals surface area contributed by atoms with Crippen LogP contribution in [0.1, 0.15) is 29.0 Å². The van der Waals surface area contributed by atoms with E-state index >= 15 is 0 Å². The maximum atomic E-state index is 11.9. The summed E-state index contributed by atoms with van der Waals surface area (Å²) in [5, 5.41) is 0. The molecule has 0 spiro atoms. The van der Waals surface area contributed by atoms with Crippen LogP contribution in [0.4, 0.5) is 5.69 Å². The zero-order valence-electron chi connectivity index (χ0n) is 11.7. The maximum absolute atomic E-state index is 11.9. The molecule has 1 aliphatic heterocycles. The van der Waals surface area contributed by atoms with Crippen molar-refractivity contribution in [3.8, 4) is 5.75 Å². The SMILES string of the molecule is Cc1occc1C(=O)Oc1ccc(N2CCCC2=O)cc1. The predicted octanol–water partition coefficient (Wildman–Crippen LogP) is 2.93. The highest BCUT2D eigenvalue weighted by Gasteiger charge is 2.21. The number of aryl methyl sites for hydroxylation is 1. The Morgan fingerprint density at radius 1 is 1.24 bits per heavy atom. The molecule has 0 aliphatic carbocycles. The van der Waals surface area contributed by atoms with Gasteiger partial charge in [-0.2, -0.15) is 0 Å². The monoisotopic (exact) mass is 285 g/mol. The molecule has 5 heteroatoms. The van der Waals surface area contributed by atoms with E-state index in [-0.39, 0.29) is 5.91 Å². The molecule has 1 aromatic carbocycles. The smallest absolute Gasteiger partial charge is 0.347 e. The van der Waals surface area contributed by atoms with Crippen LogP contribution in [0.2, 0.25) is 0 Å². The highest BCUT2D eigenvalue weighted by atomic mass is 16.5. The van der Waals surface area contributed by atoms with Gasteiger partial charge in [-0.05, 0) is 43.7 Å². The Hall–Kier alpha value is -2.56. The van der Waals surface area contributed by atoms with Gasteiger partial charge in [0.1, 0.15) is 17.1 Å². The number of ether oxygens (including phenoxy) is 1. The highest BCUT2D eigenvalue weighted by molar-refractivity contribution is 5.95. The van der Waals surface area contributed by atoms with Crippen LogP contribution in [-0.2, 0) is 4.79 Å². The van der Waals surface area contributed by atoms with Crippen molar-refractivity contribution in [2.24, 2.45) is 0 Å². The average molecular weight is 285 g/mol. The average Bonchev–Trinajstić information content (AvgIpc) is 3.08. The summed E-state index contributed by atoms with van der Waals surface area (Å²) in [7, 11) is 0. The van der Waals surface area contributed by atoms with Gasteiger partial charge in [0.25, 0.3) is 0 Å². The van der Waals surface area contributed by atoms with Crippen LogP contribution < -0.4 is 9.64 Å². The molecule has 0 saturated carbocycles. The molecule has 1 fully saturated rings. The lowest BCUT2D eigenvalue weighted by atomic mass is 10.2. The fraction of sp³-hybridized carbons (Fsp3) is 0.250. The summed E-state index contributed by atoms with van der Waals surface area (Å²) in [5.74, 6) is 0.648. The van der Waals surface area contributed by atoms with Gasteiger partial charge in [0, 0.05) is 18.7 Å². The van der Waals surface area contributed by atoms with E-state index in [4.69, 9.17) is 9.15 Å². The molecular weight excluding hydrogens is 270 g/mol. The molecular formula is C16H15NO4. The molecule has 1 amide bonds. The summed E-state index contributed by atoms with van der Waals surface area (Å²) in [5.41, 5.74) is 1.24. The number of amides is 1. The van der Waals surface area contributed by atoms with Crippen molar-refractivity contribution in [1.82, 2.24) is 0 Å². The molecule has 0 N–H and O–H groups in total. The first kappa shape index (κ1) is 13.4. The minimum atomic E-state index is -0.453. The number of carbonyl (C=O) groups excluding carboxylic acids is 2. The lowest BCUT2D eigenvalue weighted by Crippen LogP contribution is -2.23. The van der Waals surface area contributed by atoms with Crippen LogP contribution in [0.15, 0.2) is 41.0 Å². The van der Waals surface area contributed by atoms with Gasteiger partial charge in [-0.15, -0.1) is 0 Å². The number of furan rings is 1. The number of hydrogen-bond donors (Lipinski definition) is 0. The van der Waals surface area contributed by atoms with Gasteiger partial charge < -0.3 is 14.1 Å². The number of benzene rings is 1. The summed E-state index contributed by atoms with van der Waals surface area (Å²) < 4.78 is 10.4. The minimum Gasteiger partial charge on any atom is -0.469 e. The van der Waals surface area contributed by atoms with Crippen LogP contribution in [0.5, 0.6) is 5.75 Å². The molecule has 108 valence electrons. The highest BCUT2D eigenvalue weighted by Crippen LogP contribution is 2.24. The molecule has 0 bridgehead atoms. The quantitative estimate of drug-likeness (QED) is 0.642. The number of nitrogens with zero attached hydrogens (tertiary/aromatic N) is 1. The lowest BCUT2D eigenvalue weighted by molar-refractivity contribution is -0.117. The van der Waals surface area contributed by atoms with Gasteiger partial charge in [-0.1, -0.05) is 0 Å². The van der Waals surface area contributed by atoms with Gasteiger partial charge in [0.2, 0.25) is 5.91 Å². The number of carbonyl (C=O) groups is 2. The van der Waals surface area contributed by atoms with E-state index in [1.807, 2.05) is 0 Å². The fourth-order valence-corrected chi connectivity index (χ4v) is 2.37. The molecule has 5 nitrogen and oxygen atoms in total. The molecule has 0 atom stereocenters. The normalized spacial score (nSPS) is 14.5. The van der Waals surface area contributed by atoms with Crippen molar-refractivity contribution in [1.29, 1.82) is 0 Å². The minimum absolute atomic E-state index is 0.133. The van der Waals surface area contributed by atoms with Crippen molar-refractivity contribution in [2.75, 3.05) is 11.4 Å². The van der Waals surface area contributed by atoms with E-state index in [0.29, 0.717) is 23.5 Å². The third-order valence-electron chi connectivity index (χ3n) is 3.51. The van der Waals surface area contributed by atoms with Crippen LogP contribution in [0.25, 0.3) is 0 Å². The summed E-state index contributed by atoms with van der Waals surface area (Å²) in [6.45, 7) is 2.45. The van der Waals surface area contributed by atoms with E-state index < -0.39 is 5.97 Å². The third-order valence-corrected chi connectivity index (χ3v) is 3.51. The number of anilines is 1. The second kappa shape index (κ2) is 5.44. The number of esters is 1. The summed E-state index contributed by atoms with van der Waals surface area (Å²) in [6, 6.07) is 8.53. The Labute approximate surface area is 122 Å². The first-order valence-electron chi connectivity index (χ1n) is 6.82. The third kappa shape index (κ3) is 2.67. The molecule has 21 heavy (non-hydrogen) atoms. The Bertz CT molecular complexity index is 672. The largest absolute Gasteiger partial charge is 0.469 e. The topological polar surface area (TPSA) is 59.8 Å². The molecule has 2 aromatic rings. The van der Waals surface area contributed by atoms with E-state index in [1.165, 1.54) is 6.26 Å². The molecule has 1 aliphatic rings. The Morgan fingerprint density at radius 3 is 2.57 bits per heavy atom. The Balaban J connectivity index is 1.71. The van der Waals surface area contributed by atoms with Crippen molar-refractivity contribution < 1.29 is 18.7 Å². The number of rotatable bonds is 3. The lowest BCUT2D eigenvalue weighted by Gasteiger charge is -2.15. The van der Waals surface area contributed by atoms with Gasteiger partial charge >= 0.3 is 5.97 Å². The van der Waals surface area contributed by atoms with Gasteiger partial charge in [-0.25, -0.2) is 4.79 Å². The molecule has 3 rings (SSSR count). The van der Waals surface area contributed by atoms with E-state index in [9.17, 15) is 9.59 Å².